The molecule has 4 fully saturated rings. The summed E-state index contributed by atoms with van der Waals surface area (Å²) in [6.45, 7) is 11.9. The number of aliphatic hydroxyl groups is 2. The highest BCUT2D eigenvalue weighted by Gasteiger charge is 2.70. The van der Waals surface area contributed by atoms with Gasteiger partial charge in [0.2, 0.25) is 0 Å². The molecule has 0 amide bonds. The average Bonchev–Trinajstić information content (AvgIpc) is 3.48. The number of carbonyl (C=O) groups is 4. The molecule has 0 aromatic carbocycles. The molecule has 0 aromatic rings. The second-order valence-electron chi connectivity index (χ2n) is 12.1. The summed E-state index contributed by atoms with van der Waals surface area (Å²) in [5, 5.41) is 21.9. The molecule has 3 saturated carbocycles. The van der Waals surface area contributed by atoms with Crippen LogP contribution in [0.25, 0.3) is 0 Å². The molecule has 8 nitrogen and oxygen atoms in total. The highest BCUT2D eigenvalue weighted by atomic mass is 16.6. The van der Waals surface area contributed by atoms with Gasteiger partial charge in [0.1, 0.15) is 18.0 Å². The number of Topliss-reactive ketones (excluding diaryl/α,β-unsaturated/α-hetero) is 2. The van der Waals surface area contributed by atoms with E-state index in [0.29, 0.717) is 36.0 Å². The Labute approximate surface area is 219 Å². The molecule has 7 rings (SSSR count). The SMILES string of the molecule is C=C1C(=O)C2=C3[C@H]1[C@H]1OC(=O)C(CO)=C1CC[C@]3(O)CC[C@]21C(=O)C[C@H]2C(=C)CC[C@H]3C(=C)C(=O)O[C@@H]3[C@H]21. The third kappa shape index (κ3) is 2.63. The maximum Gasteiger partial charge on any atom is 0.337 e. The van der Waals surface area contributed by atoms with E-state index in [2.05, 4.69) is 19.7 Å². The minimum atomic E-state index is -1.39. The molecule has 38 heavy (non-hydrogen) atoms. The van der Waals surface area contributed by atoms with E-state index in [0.717, 1.165) is 5.57 Å². The van der Waals surface area contributed by atoms with E-state index in [1.807, 2.05) is 0 Å². The predicted molar refractivity (Wildman–Crippen MR) is 132 cm³/mol. The van der Waals surface area contributed by atoms with Crippen LogP contribution in [-0.4, -0.2) is 58.1 Å². The molecule has 0 unspecified atom stereocenters. The lowest BCUT2D eigenvalue weighted by atomic mass is 9.56. The molecule has 0 radical (unpaired) electrons. The minimum absolute atomic E-state index is 0.103. The van der Waals surface area contributed by atoms with Gasteiger partial charge in [-0.3, -0.25) is 9.59 Å². The zero-order chi connectivity index (χ0) is 26.9. The van der Waals surface area contributed by atoms with E-state index in [1.165, 1.54) is 0 Å². The number of esters is 2. The van der Waals surface area contributed by atoms with Crippen molar-refractivity contribution in [3.63, 3.8) is 0 Å². The first-order valence-corrected chi connectivity index (χ1v) is 13.4. The minimum Gasteiger partial charge on any atom is -0.458 e. The summed E-state index contributed by atoms with van der Waals surface area (Å²) in [7, 11) is 0. The Morgan fingerprint density at radius 2 is 1.68 bits per heavy atom. The summed E-state index contributed by atoms with van der Waals surface area (Å²) in [5.41, 5.74) is 0.262. The van der Waals surface area contributed by atoms with Gasteiger partial charge >= 0.3 is 11.9 Å². The number of carbonyl (C=O) groups excluding carboxylic acids is 4. The maximum absolute atomic E-state index is 14.2. The van der Waals surface area contributed by atoms with Crippen LogP contribution in [0.3, 0.4) is 0 Å². The molecule has 198 valence electrons. The number of ketones is 2. The van der Waals surface area contributed by atoms with E-state index in [1.54, 1.807) is 0 Å². The van der Waals surface area contributed by atoms with Gasteiger partial charge in [0.15, 0.2) is 5.78 Å². The van der Waals surface area contributed by atoms with E-state index in [4.69, 9.17) is 9.47 Å². The number of rotatable bonds is 1. The third-order valence-corrected chi connectivity index (χ3v) is 10.7. The van der Waals surface area contributed by atoms with Gasteiger partial charge in [-0.05, 0) is 55.6 Å². The second kappa shape index (κ2) is 7.51. The van der Waals surface area contributed by atoms with Crippen molar-refractivity contribution in [2.45, 2.75) is 62.8 Å². The highest BCUT2D eigenvalue weighted by Crippen LogP contribution is 2.68. The molecule has 8 atom stereocenters. The van der Waals surface area contributed by atoms with Crippen LogP contribution in [0.15, 0.2) is 58.7 Å². The fourth-order valence-corrected chi connectivity index (χ4v) is 8.98. The largest absolute Gasteiger partial charge is 0.458 e. The first-order chi connectivity index (χ1) is 18.0. The monoisotopic (exact) mass is 518 g/mol. The van der Waals surface area contributed by atoms with Gasteiger partial charge in [-0.1, -0.05) is 25.3 Å². The number of hydrogen-bond acceptors (Lipinski definition) is 8. The summed E-state index contributed by atoms with van der Waals surface area (Å²) < 4.78 is 11.6. The molecular weight excluding hydrogens is 488 g/mol. The van der Waals surface area contributed by atoms with Crippen molar-refractivity contribution < 1.29 is 38.9 Å². The van der Waals surface area contributed by atoms with Crippen molar-refractivity contribution in [3.05, 3.63) is 58.7 Å². The summed E-state index contributed by atoms with van der Waals surface area (Å²) in [5.74, 6) is -3.44. The smallest absolute Gasteiger partial charge is 0.337 e. The fraction of sp³-hybridized carbons (Fsp3) is 0.533. The molecule has 2 heterocycles. The van der Waals surface area contributed by atoms with E-state index in [9.17, 15) is 29.4 Å². The second-order valence-corrected chi connectivity index (χ2v) is 12.1. The third-order valence-electron chi connectivity index (χ3n) is 10.7. The van der Waals surface area contributed by atoms with E-state index < -0.39 is 59.4 Å². The summed E-state index contributed by atoms with van der Waals surface area (Å²) in [4.78, 5) is 53.6. The van der Waals surface area contributed by atoms with Gasteiger partial charge < -0.3 is 19.7 Å². The number of ether oxygens (including phenoxy) is 2. The van der Waals surface area contributed by atoms with Crippen molar-refractivity contribution >= 4 is 23.5 Å². The molecule has 0 aromatic heterocycles. The molecule has 2 aliphatic heterocycles. The zero-order valence-electron chi connectivity index (χ0n) is 21.1. The summed E-state index contributed by atoms with van der Waals surface area (Å²) >= 11 is 0. The van der Waals surface area contributed by atoms with Gasteiger partial charge in [0.05, 0.1) is 29.1 Å². The normalized spacial score (nSPS) is 43.7. The van der Waals surface area contributed by atoms with Crippen LogP contribution < -0.4 is 0 Å². The Morgan fingerprint density at radius 1 is 0.921 bits per heavy atom. The molecule has 1 spiro atoms. The molecule has 8 heteroatoms. The van der Waals surface area contributed by atoms with Crippen molar-refractivity contribution in [2.75, 3.05) is 6.61 Å². The summed E-state index contributed by atoms with van der Waals surface area (Å²) in [6.07, 6.45) is 1.03. The van der Waals surface area contributed by atoms with Gasteiger partial charge in [-0.15, -0.1) is 0 Å². The van der Waals surface area contributed by atoms with Crippen molar-refractivity contribution in [1.82, 2.24) is 0 Å². The van der Waals surface area contributed by atoms with Crippen molar-refractivity contribution in [2.24, 2.45) is 29.1 Å². The van der Waals surface area contributed by atoms with Gasteiger partial charge in [0, 0.05) is 35.0 Å². The van der Waals surface area contributed by atoms with Crippen LogP contribution >= 0.6 is 0 Å². The number of aliphatic hydroxyl groups excluding tert-OH is 1. The Kier molecular flexibility index (Phi) is 4.74. The Hall–Kier alpha value is -3.10. The van der Waals surface area contributed by atoms with Crippen LogP contribution in [0.5, 0.6) is 0 Å². The molecule has 0 bridgehead atoms. The van der Waals surface area contributed by atoms with Crippen LogP contribution in [0.2, 0.25) is 0 Å². The Morgan fingerprint density at radius 3 is 2.42 bits per heavy atom. The molecule has 1 saturated heterocycles. The maximum atomic E-state index is 14.2. The topological polar surface area (TPSA) is 127 Å². The standard InChI is InChI=1S/C30H30O8/c1-12-4-5-15-13(2)27(34)38-26(15)21-17(12)10-19(32)30(21)9-8-29(36)7-6-16-18(11-31)28(35)37-25(16)20-14(3)24(33)23(30)22(20)29/h15,17,20-21,25-26,31,36H,1-11H2/t15-,17-,20-,21-,25-,26-,29-,30+/m0/s1. The first kappa shape index (κ1) is 24.0. The molecular formula is C30H30O8. The van der Waals surface area contributed by atoms with Gasteiger partial charge in [-0.2, -0.15) is 0 Å². The first-order valence-electron chi connectivity index (χ1n) is 13.4. The average molecular weight is 519 g/mol. The Bertz CT molecular complexity index is 1380. The van der Waals surface area contributed by atoms with Crippen molar-refractivity contribution in [3.8, 4) is 0 Å². The van der Waals surface area contributed by atoms with Crippen LogP contribution in [0, 0.1) is 29.1 Å². The fourth-order valence-electron chi connectivity index (χ4n) is 8.98. The number of fused-ring (bicyclic) bond motifs is 7. The Balaban J connectivity index is 1.47. The zero-order valence-corrected chi connectivity index (χ0v) is 21.1. The summed E-state index contributed by atoms with van der Waals surface area (Å²) in [6, 6.07) is 0. The van der Waals surface area contributed by atoms with Crippen LogP contribution in [0.4, 0.5) is 0 Å². The van der Waals surface area contributed by atoms with Crippen LogP contribution in [0.1, 0.15) is 44.9 Å². The van der Waals surface area contributed by atoms with E-state index in [-0.39, 0.29) is 60.0 Å². The highest BCUT2D eigenvalue weighted by molar-refractivity contribution is 6.18. The number of allylic oxidation sites excluding steroid dienone is 2. The molecule has 7 aliphatic rings. The molecule has 5 aliphatic carbocycles. The number of hydrogen-bond donors (Lipinski definition) is 2. The predicted octanol–water partition coefficient (Wildman–Crippen LogP) is 2.21. The quantitative estimate of drug-likeness (QED) is 0.307. The van der Waals surface area contributed by atoms with Crippen molar-refractivity contribution in [1.29, 1.82) is 0 Å². The lowest BCUT2D eigenvalue weighted by Gasteiger charge is -2.47. The lowest BCUT2D eigenvalue weighted by molar-refractivity contribution is -0.146. The van der Waals surface area contributed by atoms with Gasteiger partial charge in [0.25, 0.3) is 0 Å². The van der Waals surface area contributed by atoms with E-state index >= 15 is 0 Å². The van der Waals surface area contributed by atoms with Crippen LogP contribution in [-0.2, 0) is 28.7 Å². The molecule has 2 N–H and O–H groups in total. The lowest BCUT2D eigenvalue weighted by Crippen LogP contribution is -2.51. The van der Waals surface area contributed by atoms with Gasteiger partial charge in [-0.25, -0.2) is 9.59 Å².